The minimum absolute atomic E-state index is 0.134. The van der Waals surface area contributed by atoms with E-state index in [1.165, 1.54) is 6.33 Å². The van der Waals surface area contributed by atoms with Crippen LogP contribution in [-0.2, 0) is 18.0 Å². The molecule has 3 aromatic heterocycles. The number of hydrogen-bond donors (Lipinski definition) is 2. The molecule has 0 saturated heterocycles. The van der Waals surface area contributed by atoms with E-state index in [9.17, 15) is 4.21 Å². The van der Waals surface area contributed by atoms with E-state index in [-0.39, 0.29) is 12.1 Å². The molecule has 32 heavy (non-hydrogen) atoms. The second-order valence-corrected chi connectivity index (χ2v) is 9.09. The van der Waals surface area contributed by atoms with Crippen LogP contribution in [0.1, 0.15) is 18.4 Å². The summed E-state index contributed by atoms with van der Waals surface area (Å²) in [5, 5.41) is 13.8. The van der Waals surface area contributed by atoms with Crippen molar-refractivity contribution < 1.29 is 4.21 Å². The monoisotopic (exact) mass is 443 g/mol. The molecule has 1 fully saturated rings. The summed E-state index contributed by atoms with van der Waals surface area (Å²) in [6.45, 7) is 0. The predicted octanol–water partition coefficient (Wildman–Crippen LogP) is 3.16. The lowest BCUT2D eigenvalue weighted by molar-refractivity contribution is 0.351. The van der Waals surface area contributed by atoms with Crippen LogP contribution in [-0.4, -0.2) is 35.8 Å². The average Bonchev–Trinajstić information content (AvgIpc) is 3.19. The number of nitrogens with zero attached hydrogens (tertiary/aromatic N) is 5. The minimum Gasteiger partial charge on any atom is -0.381 e. The van der Waals surface area contributed by atoms with Crippen LogP contribution in [0.15, 0.2) is 66.2 Å². The number of rotatable bonds is 6. The molecule has 9 heteroatoms. The maximum Gasteiger partial charge on any atom is 0.141 e. The van der Waals surface area contributed by atoms with Crippen LogP contribution in [0.25, 0.3) is 22.3 Å². The van der Waals surface area contributed by atoms with Gasteiger partial charge in [-0.2, -0.15) is 5.26 Å². The molecule has 0 radical (unpaired) electrons. The van der Waals surface area contributed by atoms with Gasteiger partial charge in [-0.1, -0.05) is 6.07 Å². The van der Waals surface area contributed by atoms with Crippen LogP contribution >= 0.6 is 0 Å². The van der Waals surface area contributed by atoms with Gasteiger partial charge in [0.1, 0.15) is 23.0 Å². The normalized spacial score (nSPS) is 18.6. The van der Waals surface area contributed by atoms with Gasteiger partial charge in [0.25, 0.3) is 0 Å². The van der Waals surface area contributed by atoms with Crippen molar-refractivity contribution in [3.8, 4) is 17.3 Å². The Hall–Kier alpha value is -3.61. The minimum atomic E-state index is -1.35. The third-order valence-corrected chi connectivity index (χ3v) is 6.92. The molecule has 1 unspecified atom stereocenters. The SMILES string of the molecule is Cn1ccc2c(NC3CC(NS(=O)c4cccc(C#N)c4)C3)c(-c3ccncn3)cnc21. The highest BCUT2D eigenvalue weighted by molar-refractivity contribution is 7.83. The molecule has 1 aliphatic carbocycles. The number of pyridine rings is 1. The quantitative estimate of drug-likeness (QED) is 0.474. The largest absolute Gasteiger partial charge is 0.381 e. The first-order valence-electron chi connectivity index (χ1n) is 10.3. The van der Waals surface area contributed by atoms with Crippen molar-refractivity contribution in [2.45, 2.75) is 29.8 Å². The Morgan fingerprint density at radius 2 is 2.06 bits per heavy atom. The Morgan fingerprint density at radius 3 is 2.84 bits per heavy atom. The average molecular weight is 444 g/mol. The highest BCUT2D eigenvalue weighted by atomic mass is 32.2. The van der Waals surface area contributed by atoms with Gasteiger partial charge < -0.3 is 9.88 Å². The van der Waals surface area contributed by atoms with Crippen LogP contribution in [0, 0.1) is 11.3 Å². The van der Waals surface area contributed by atoms with Crippen molar-refractivity contribution in [3.63, 3.8) is 0 Å². The number of benzene rings is 1. The fourth-order valence-corrected chi connectivity index (χ4v) is 5.02. The third kappa shape index (κ3) is 3.86. The molecular weight excluding hydrogens is 422 g/mol. The van der Waals surface area contributed by atoms with E-state index < -0.39 is 11.0 Å². The fourth-order valence-electron chi connectivity index (χ4n) is 3.95. The first-order valence-corrected chi connectivity index (χ1v) is 11.4. The van der Waals surface area contributed by atoms with E-state index >= 15 is 0 Å². The molecule has 0 spiro atoms. The van der Waals surface area contributed by atoms with Gasteiger partial charge in [0, 0.05) is 48.7 Å². The Balaban J connectivity index is 1.32. The summed E-state index contributed by atoms with van der Waals surface area (Å²) in [6, 6.07) is 13.3. The van der Waals surface area contributed by atoms with Crippen molar-refractivity contribution in [3.05, 3.63) is 66.9 Å². The van der Waals surface area contributed by atoms with Gasteiger partial charge >= 0.3 is 0 Å². The third-order valence-electron chi connectivity index (χ3n) is 5.69. The van der Waals surface area contributed by atoms with Crippen LogP contribution < -0.4 is 10.0 Å². The summed E-state index contributed by atoms with van der Waals surface area (Å²) in [5.41, 5.74) is 4.15. The number of anilines is 1. The van der Waals surface area contributed by atoms with Crippen LogP contribution in [0.3, 0.4) is 0 Å². The molecule has 3 heterocycles. The molecule has 0 amide bonds. The number of nitriles is 1. The van der Waals surface area contributed by atoms with Gasteiger partial charge in [0.05, 0.1) is 27.9 Å². The van der Waals surface area contributed by atoms with Gasteiger partial charge in [-0.05, 0) is 43.2 Å². The molecule has 1 aliphatic rings. The molecule has 1 saturated carbocycles. The molecule has 2 N–H and O–H groups in total. The van der Waals surface area contributed by atoms with Crippen LogP contribution in [0.5, 0.6) is 0 Å². The summed E-state index contributed by atoms with van der Waals surface area (Å²) in [5.74, 6) is 0. The Kier molecular flexibility index (Phi) is 5.39. The molecule has 4 aromatic rings. The Morgan fingerprint density at radius 1 is 1.19 bits per heavy atom. The fraction of sp³-hybridized carbons (Fsp3) is 0.217. The van der Waals surface area contributed by atoms with Crippen molar-refractivity contribution in [2.24, 2.45) is 7.05 Å². The zero-order valence-electron chi connectivity index (χ0n) is 17.4. The smallest absolute Gasteiger partial charge is 0.141 e. The highest BCUT2D eigenvalue weighted by Gasteiger charge is 2.31. The Bertz CT molecular complexity index is 1340. The second-order valence-electron chi connectivity index (χ2n) is 7.84. The number of aryl methyl sites for hydroxylation is 1. The molecular formula is C23H21N7OS. The van der Waals surface area contributed by atoms with E-state index in [1.54, 1.807) is 30.5 Å². The van der Waals surface area contributed by atoms with Gasteiger partial charge in [-0.3, -0.25) is 0 Å². The lowest BCUT2D eigenvalue weighted by Gasteiger charge is -2.37. The molecule has 160 valence electrons. The topological polar surface area (TPSA) is 109 Å². The van der Waals surface area contributed by atoms with E-state index in [0.717, 1.165) is 40.8 Å². The van der Waals surface area contributed by atoms with Crippen LogP contribution in [0.2, 0.25) is 0 Å². The summed E-state index contributed by atoms with van der Waals surface area (Å²) in [7, 11) is 0.628. The summed E-state index contributed by atoms with van der Waals surface area (Å²) in [6.07, 6.45) is 8.78. The standard InChI is InChI=1S/C23H21N7OS/c1-30-8-6-19-22(20(13-26-23(19)30)21-5-7-25-14-27-21)28-16-10-17(11-16)29-32(31)18-4-2-3-15(9-18)12-24/h2-9,13-14,16-17,29H,10-11H2,1H3,(H,26,28). The van der Waals surface area contributed by atoms with Crippen molar-refractivity contribution in [1.29, 1.82) is 5.26 Å². The van der Waals surface area contributed by atoms with E-state index in [2.05, 4.69) is 37.1 Å². The van der Waals surface area contributed by atoms with Gasteiger partial charge in [0.2, 0.25) is 0 Å². The van der Waals surface area contributed by atoms with Gasteiger partial charge in [0.15, 0.2) is 0 Å². The van der Waals surface area contributed by atoms with Crippen molar-refractivity contribution in [1.82, 2.24) is 24.2 Å². The number of aromatic nitrogens is 4. The first-order chi connectivity index (χ1) is 15.6. The highest BCUT2D eigenvalue weighted by Crippen LogP contribution is 2.36. The van der Waals surface area contributed by atoms with Crippen LogP contribution in [0.4, 0.5) is 5.69 Å². The lowest BCUT2D eigenvalue weighted by atomic mass is 9.87. The second kappa shape index (κ2) is 8.49. The Labute approximate surface area is 187 Å². The summed E-state index contributed by atoms with van der Waals surface area (Å²) >= 11 is 0. The lowest BCUT2D eigenvalue weighted by Crippen LogP contribution is -2.48. The first kappa shape index (κ1) is 20.3. The predicted molar refractivity (Wildman–Crippen MR) is 123 cm³/mol. The van der Waals surface area contributed by atoms with Gasteiger partial charge in [-0.15, -0.1) is 0 Å². The molecule has 0 bridgehead atoms. The molecule has 1 atom stereocenters. The van der Waals surface area contributed by atoms with Crippen molar-refractivity contribution in [2.75, 3.05) is 5.32 Å². The molecule has 0 aliphatic heterocycles. The summed E-state index contributed by atoms with van der Waals surface area (Å²) in [4.78, 5) is 13.7. The molecule has 1 aromatic carbocycles. The number of nitrogens with one attached hydrogen (secondary N) is 2. The van der Waals surface area contributed by atoms with E-state index in [0.29, 0.717) is 10.5 Å². The number of fused-ring (bicyclic) bond motifs is 1. The summed E-state index contributed by atoms with van der Waals surface area (Å²) < 4.78 is 17.8. The van der Waals surface area contributed by atoms with Gasteiger partial charge in [-0.25, -0.2) is 23.9 Å². The maximum atomic E-state index is 12.6. The zero-order valence-corrected chi connectivity index (χ0v) is 18.2. The van der Waals surface area contributed by atoms with Crippen molar-refractivity contribution >= 4 is 27.7 Å². The van der Waals surface area contributed by atoms with E-state index in [4.69, 9.17) is 5.26 Å². The zero-order chi connectivity index (χ0) is 22.1. The molecule has 5 rings (SSSR count). The molecule has 8 nitrogen and oxygen atoms in total. The maximum absolute atomic E-state index is 12.6. The number of hydrogen-bond acceptors (Lipinski definition) is 6. The van der Waals surface area contributed by atoms with E-state index in [1.807, 2.05) is 30.1 Å².